The van der Waals surface area contributed by atoms with Crippen LogP contribution in [0.5, 0.6) is 0 Å². The van der Waals surface area contributed by atoms with Crippen LogP contribution in [0.2, 0.25) is 0 Å². The van der Waals surface area contributed by atoms with Gasteiger partial charge in [-0.2, -0.15) is 0 Å². The van der Waals surface area contributed by atoms with Gasteiger partial charge in [0.1, 0.15) is 5.70 Å². The third-order valence-corrected chi connectivity index (χ3v) is 0.949. The largest absolute Gasteiger partial charge is 0.477 e. The van der Waals surface area contributed by atoms with Gasteiger partial charge in [-0.15, -0.1) is 0 Å². The lowest BCUT2D eigenvalue weighted by molar-refractivity contribution is -0.134. The average Bonchev–Trinajstić information content (AvgIpc) is 1.86. The van der Waals surface area contributed by atoms with Crippen LogP contribution in [0.4, 0.5) is 0 Å². The zero-order valence-corrected chi connectivity index (χ0v) is 6.55. The summed E-state index contributed by atoms with van der Waals surface area (Å²) in [6.07, 6.45) is 2.03. The molecule has 0 bridgehead atoms. The van der Waals surface area contributed by atoms with Crippen molar-refractivity contribution in [2.45, 2.75) is 20.3 Å². The Morgan fingerprint density at radius 2 is 2.09 bits per heavy atom. The van der Waals surface area contributed by atoms with Gasteiger partial charge in [-0.1, -0.05) is 13.0 Å². The van der Waals surface area contributed by atoms with E-state index in [-0.39, 0.29) is 11.6 Å². The molecule has 0 rings (SSSR count). The highest BCUT2D eigenvalue weighted by atomic mass is 16.4. The number of carboxylic acids is 1. The Hall–Kier alpha value is -1.32. The van der Waals surface area contributed by atoms with Crippen molar-refractivity contribution in [3.8, 4) is 0 Å². The van der Waals surface area contributed by atoms with E-state index < -0.39 is 5.97 Å². The molecule has 0 radical (unpaired) electrons. The van der Waals surface area contributed by atoms with Gasteiger partial charge in [0, 0.05) is 6.92 Å². The molecule has 4 nitrogen and oxygen atoms in total. The molecule has 0 heterocycles. The van der Waals surface area contributed by atoms with E-state index in [1.165, 1.54) is 13.0 Å². The van der Waals surface area contributed by atoms with Gasteiger partial charge in [-0.25, -0.2) is 4.79 Å². The van der Waals surface area contributed by atoms with E-state index in [1.807, 2.05) is 0 Å². The Morgan fingerprint density at radius 3 is 2.36 bits per heavy atom. The minimum atomic E-state index is -1.11. The van der Waals surface area contributed by atoms with E-state index in [9.17, 15) is 9.59 Å². The first-order valence-electron chi connectivity index (χ1n) is 3.29. The van der Waals surface area contributed by atoms with Crippen molar-refractivity contribution in [2.24, 2.45) is 0 Å². The van der Waals surface area contributed by atoms with Crippen molar-refractivity contribution in [1.29, 1.82) is 0 Å². The molecule has 0 aromatic rings. The van der Waals surface area contributed by atoms with Gasteiger partial charge in [0.05, 0.1) is 0 Å². The summed E-state index contributed by atoms with van der Waals surface area (Å²) >= 11 is 0. The van der Waals surface area contributed by atoms with Crippen LogP contribution >= 0.6 is 0 Å². The highest BCUT2D eigenvalue weighted by Crippen LogP contribution is 1.91. The summed E-state index contributed by atoms with van der Waals surface area (Å²) < 4.78 is 0. The van der Waals surface area contributed by atoms with Crippen LogP contribution in [0.1, 0.15) is 20.3 Å². The molecule has 2 N–H and O–H groups in total. The normalized spacial score (nSPS) is 10.9. The molecule has 0 atom stereocenters. The lowest BCUT2D eigenvalue weighted by Crippen LogP contribution is -2.24. The Kier molecular flexibility index (Phi) is 3.95. The Morgan fingerprint density at radius 1 is 1.55 bits per heavy atom. The van der Waals surface area contributed by atoms with Gasteiger partial charge in [0.25, 0.3) is 0 Å². The SMILES string of the molecule is CC/C=C(\NC(C)=O)C(=O)O. The topological polar surface area (TPSA) is 66.4 Å². The maximum atomic E-state index is 10.4. The minimum absolute atomic E-state index is 0.0556. The number of carboxylic acid groups (broad SMARTS) is 1. The van der Waals surface area contributed by atoms with Gasteiger partial charge in [-0.05, 0) is 6.42 Å². The first-order chi connectivity index (χ1) is 5.07. The number of carbonyl (C=O) groups excluding carboxylic acids is 1. The molecular formula is C7H11NO3. The number of hydrogen-bond acceptors (Lipinski definition) is 2. The van der Waals surface area contributed by atoms with Crippen LogP contribution in [0.3, 0.4) is 0 Å². The molecule has 0 aliphatic rings. The number of nitrogens with one attached hydrogen (secondary N) is 1. The van der Waals surface area contributed by atoms with E-state index in [1.54, 1.807) is 6.92 Å². The molecule has 0 aromatic heterocycles. The van der Waals surface area contributed by atoms with Gasteiger partial charge in [0.2, 0.25) is 5.91 Å². The monoisotopic (exact) mass is 157 g/mol. The Bertz CT molecular complexity index is 196. The van der Waals surface area contributed by atoms with E-state index in [2.05, 4.69) is 5.32 Å². The number of carbonyl (C=O) groups is 2. The molecule has 0 aliphatic heterocycles. The maximum Gasteiger partial charge on any atom is 0.352 e. The summed E-state index contributed by atoms with van der Waals surface area (Å²) in [5.74, 6) is -1.48. The number of hydrogen-bond donors (Lipinski definition) is 2. The Balaban J connectivity index is 4.23. The lowest BCUT2D eigenvalue weighted by Gasteiger charge is -2.00. The molecule has 4 heteroatoms. The van der Waals surface area contributed by atoms with Crippen LogP contribution in [0.15, 0.2) is 11.8 Å². The number of aliphatic carboxylic acids is 1. The Labute approximate surface area is 64.9 Å². The molecule has 0 saturated carbocycles. The van der Waals surface area contributed by atoms with Crippen LogP contribution < -0.4 is 5.32 Å². The summed E-state index contributed by atoms with van der Waals surface area (Å²) in [5, 5.41) is 10.7. The van der Waals surface area contributed by atoms with E-state index in [0.717, 1.165) is 0 Å². The van der Waals surface area contributed by atoms with Crippen molar-refractivity contribution in [2.75, 3.05) is 0 Å². The highest BCUT2D eigenvalue weighted by molar-refractivity contribution is 5.91. The fraction of sp³-hybridized carbons (Fsp3) is 0.429. The second-order valence-corrected chi connectivity index (χ2v) is 2.01. The van der Waals surface area contributed by atoms with Crippen molar-refractivity contribution < 1.29 is 14.7 Å². The standard InChI is InChI=1S/C7H11NO3/c1-3-4-6(7(10)11)8-5(2)9/h4H,3H2,1-2H3,(H,8,9)(H,10,11)/b6-4-. The van der Waals surface area contributed by atoms with E-state index in [0.29, 0.717) is 6.42 Å². The predicted molar refractivity (Wildman–Crippen MR) is 39.8 cm³/mol. The van der Waals surface area contributed by atoms with Crippen molar-refractivity contribution in [3.63, 3.8) is 0 Å². The zero-order chi connectivity index (χ0) is 8.85. The molecule has 0 saturated heterocycles. The number of amides is 1. The first-order valence-corrected chi connectivity index (χ1v) is 3.29. The third kappa shape index (κ3) is 4.13. The molecule has 0 fully saturated rings. The van der Waals surface area contributed by atoms with Gasteiger partial charge in [0.15, 0.2) is 0 Å². The fourth-order valence-corrected chi connectivity index (χ4v) is 0.586. The third-order valence-electron chi connectivity index (χ3n) is 0.949. The molecule has 0 unspecified atom stereocenters. The second-order valence-electron chi connectivity index (χ2n) is 2.01. The fourth-order valence-electron chi connectivity index (χ4n) is 0.586. The van der Waals surface area contributed by atoms with Crippen molar-refractivity contribution in [3.05, 3.63) is 11.8 Å². The summed E-state index contributed by atoms with van der Waals surface area (Å²) in [7, 11) is 0. The molecule has 0 aromatic carbocycles. The van der Waals surface area contributed by atoms with Crippen LogP contribution in [-0.4, -0.2) is 17.0 Å². The van der Waals surface area contributed by atoms with Crippen LogP contribution in [0, 0.1) is 0 Å². The van der Waals surface area contributed by atoms with Gasteiger partial charge in [-0.3, -0.25) is 4.79 Å². The minimum Gasteiger partial charge on any atom is -0.477 e. The molecule has 11 heavy (non-hydrogen) atoms. The van der Waals surface area contributed by atoms with Crippen molar-refractivity contribution in [1.82, 2.24) is 5.32 Å². The average molecular weight is 157 g/mol. The maximum absolute atomic E-state index is 10.4. The quantitative estimate of drug-likeness (QED) is 0.586. The van der Waals surface area contributed by atoms with Crippen LogP contribution in [0.25, 0.3) is 0 Å². The number of rotatable bonds is 3. The summed E-state index contributed by atoms with van der Waals surface area (Å²) in [4.78, 5) is 20.8. The van der Waals surface area contributed by atoms with Crippen LogP contribution in [-0.2, 0) is 9.59 Å². The van der Waals surface area contributed by atoms with Gasteiger partial charge >= 0.3 is 5.97 Å². The van der Waals surface area contributed by atoms with Crippen molar-refractivity contribution >= 4 is 11.9 Å². The summed E-state index contributed by atoms with van der Waals surface area (Å²) in [6.45, 7) is 3.07. The predicted octanol–water partition coefficient (Wildman–Crippen LogP) is 0.501. The second kappa shape index (κ2) is 4.49. The molecule has 0 spiro atoms. The smallest absolute Gasteiger partial charge is 0.352 e. The summed E-state index contributed by atoms with van der Waals surface area (Å²) in [5.41, 5.74) is -0.0556. The van der Waals surface area contributed by atoms with Gasteiger partial charge < -0.3 is 10.4 Å². The molecule has 0 aliphatic carbocycles. The highest BCUT2D eigenvalue weighted by Gasteiger charge is 2.06. The van der Waals surface area contributed by atoms with E-state index in [4.69, 9.17) is 5.11 Å². The number of allylic oxidation sites excluding steroid dienone is 1. The zero-order valence-electron chi connectivity index (χ0n) is 6.55. The molecular weight excluding hydrogens is 146 g/mol. The molecule has 1 amide bonds. The first kappa shape index (κ1) is 9.68. The lowest BCUT2D eigenvalue weighted by atomic mass is 10.3. The summed E-state index contributed by atoms with van der Waals surface area (Å²) in [6, 6.07) is 0. The van der Waals surface area contributed by atoms with E-state index >= 15 is 0 Å². The molecule has 62 valence electrons.